The lowest BCUT2D eigenvalue weighted by atomic mass is 10.2. The van der Waals surface area contributed by atoms with Gasteiger partial charge in [-0.25, -0.2) is 9.37 Å². The zero-order valence-electron chi connectivity index (χ0n) is 15.5. The van der Waals surface area contributed by atoms with Crippen LogP contribution in [0.25, 0.3) is 10.9 Å². The van der Waals surface area contributed by atoms with Gasteiger partial charge in [0.25, 0.3) is 5.56 Å². The van der Waals surface area contributed by atoms with E-state index in [9.17, 15) is 14.0 Å². The number of nitrogens with zero attached hydrogens (tertiary/aromatic N) is 3. The monoisotopic (exact) mass is 397 g/mol. The minimum atomic E-state index is -0.309. The van der Waals surface area contributed by atoms with Gasteiger partial charge in [0.1, 0.15) is 5.82 Å². The molecule has 5 nitrogen and oxygen atoms in total. The van der Waals surface area contributed by atoms with Gasteiger partial charge in [0.15, 0.2) is 5.16 Å². The first-order valence-electron chi connectivity index (χ1n) is 8.71. The molecule has 0 fully saturated rings. The molecule has 0 unspecified atom stereocenters. The van der Waals surface area contributed by atoms with E-state index in [0.717, 1.165) is 5.56 Å². The molecule has 0 bridgehead atoms. The second-order valence-corrected chi connectivity index (χ2v) is 7.22. The lowest BCUT2D eigenvalue weighted by Gasteiger charge is -2.18. The van der Waals surface area contributed by atoms with Crippen molar-refractivity contribution in [3.05, 3.63) is 82.9 Å². The van der Waals surface area contributed by atoms with Gasteiger partial charge in [0.05, 0.1) is 16.7 Å². The summed E-state index contributed by atoms with van der Waals surface area (Å²) in [6, 6.07) is 13.2. The van der Waals surface area contributed by atoms with Crippen molar-refractivity contribution >= 4 is 28.6 Å². The largest absolute Gasteiger partial charge is 0.341 e. The molecule has 1 amide bonds. The SMILES string of the molecule is C=CCn1c(SCC(=O)N(C)Cc2ccc(F)cc2)nc2ccccc2c1=O. The Labute approximate surface area is 166 Å². The predicted octanol–water partition coefficient (Wildman–Crippen LogP) is 3.47. The van der Waals surface area contributed by atoms with Crippen molar-refractivity contribution in [2.45, 2.75) is 18.2 Å². The standard InChI is InChI=1S/C21H20FN3O2S/c1-3-12-25-20(27)17-6-4-5-7-18(17)23-21(25)28-14-19(26)24(2)13-15-8-10-16(22)11-9-15/h3-11H,1,12-14H2,2H3. The lowest BCUT2D eigenvalue weighted by molar-refractivity contribution is -0.127. The Bertz CT molecular complexity index is 1060. The fourth-order valence-corrected chi connectivity index (χ4v) is 3.69. The van der Waals surface area contributed by atoms with Gasteiger partial charge in [-0.1, -0.05) is 42.1 Å². The van der Waals surface area contributed by atoms with E-state index < -0.39 is 0 Å². The highest BCUT2D eigenvalue weighted by atomic mass is 32.2. The predicted molar refractivity (Wildman–Crippen MR) is 110 cm³/mol. The smallest absolute Gasteiger partial charge is 0.262 e. The number of thioether (sulfide) groups is 1. The maximum Gasteiger partial charge on any atom is 0.262 e. The summed E-state index contributed by atoms with van der Waals surface area (Å²) >= 11 is 1.22. The summed E-state index contributed by atoms with van der Waals surface area (Å²) < 4.78 is 14.5. The number of aromatic nitrogens is 2. The molecule has 1 heterocycles. The zero-order chi connectivity index (χ0) is 20.1. The fraction of sp³-hybridized carbons (Fsp3) is 0.190. The first-order valence-corrected chi connectivity index (χ1v) is 9.70. The number of carbonyl (C=O) groups is 1. The van der Waals surface area contributed by atoms with Crippen molar-refractivity contribution in [2.24, 2.45) is 0 Å². The number of carbonyl (C=O) groups excluding carboxylic acids is 1. The van der Waals surface area contributed by atoms with Crippen molar-refractivity contribution in [3.63, 3.8) is 0 Å². The Kier molecular flexibility index (Phi) is 6.26. The normalized spacial score (nSPS) is 10.8. The summed E-state index contributed by atoms with van der Waals surface area (Å²) in [4.78, 5) is 31.3. The number of hydrogen-bond donors (Lipinski definition) is 0. The topological polar surface area (TPSA) is 55.2 Å². The van der Waals surface area contributed by atoms with E-state index in [4.69, 9.17) is 0 Å². The van der Waals surface area contributed by atoms with Gasteiger partial charge in [0.2, 0.25) is 5.91 Å². The van der Waals surface area contributed by atoms with Gasteiger partial charge >= 0.3 is 0 Å². The number of rotatable bonds is 7. The van der Waals surface area contributed by atoms with Crippen LogP contribution in [0.1, 0.15) is 5.56 Å². The van der Waals surface area contributed by atoms with Crippen LogP contribution >= 0.6 is 11.8 Å². The number of hydrogen-bond acceptors (Lipinski definition) is 4. The van der Waals surface area contributed by atoms with Crippen LogP contribution in [0.3, 0.4) is 0 Å². The molecule has 7 heteroatoms. The maximum absolute atomic E-state index is 13.0. The number of amides is 1. The van der Waals surface area contributed by atoms with Gasteiger partial charge in [-0.3, -0.25) is 14.2 Å². The molecular weight excluding hydrogens is 377 g/mol. The third-order valence-electron chi connectivity index (χ3n) is 4.22. The first-order chi connectivity index (χ1) is 13.5. The average molecular weight is 397 g/mol. The van der Waals surface area contributed by atoms with Crippen molar-refractivity contribution in [1.82, 2.24) is 14.5 Å². The summed E-state index contributed by atoms with van der Waals surface area (Å²) in [5.74, 6) is -0.280. The summed E-state index contributed by atoms with van der Waals surface area (Å²) in [5.41, 5.74) is 1.29. The minimum Gasteiger partial charge on any atom is -0.341 e. The highest BCUT2D eigenvalue weighted by Gasteiger charge is 2.15. The van der Waals surface area contributed by atoms with Crippen LogP contribution < -0.4 is 5.56 Å². The van der Waals surface area contributed by atoms with Crippen LogP contribution in [0, 0.1) is 5.82 Å². The van der Waals surface area contributed by atoms with Gasteiger partial charge in [0, 0.05) is 20.1 Å². The molecule has 0 radical (unpaired) electrons. The number of halogens is 1. The molecule has 0 spiro atoms. The Morgan fingerprint density at radius 1 is 1.25 bits per heavy atom. The van der Waals surface area contributed by atoms with Crippen molar-refractivity contribution < 1.29 is 9.18 Å². The van der Waals surface area contributed by atoms with Crippen LogP contribution in [-0.4, -0.2) is 33.2 Å². The zero-order valence-corrected chi connectivity index (χ0v) is 16.3. The second kappa shape index (κ2) is 8.84. The molecule has 144 valence electrons. The second-order valence-electron chi connectivity index (χ2n) is 6.28. The van der Waals surface area contributed by atoms with Crippen molar-refractivity contribution in [3.8, 4) is 0 Å². The molecule has 0 aliphatic rings. The molecule has 0 atom stereocenters. The third kappa shape index (κ3) is 4.48. The van der Waals surface area contributed by atoms with E-state index in [0.29, 0.717) is 29.1 Å². The number of para-hydroxylation sites is 1. The van der Waals surface area contributed by atoms with E-state index in [1.54, 1.807) is 48.4 Å². The van der Waals surface area contributed by atoms with Gasteiger partial charge in [-0.15, -0.1) is 6.58 Å². The van der Waals surface area contributed by atoms with Gasteiger partial charge < -0.3 is 4.90 Å². The Morgan fingerprint density at radius 2 is 1.96 bits per heavy atom. The van der Waals surface area contributed by atoms with E-state index in [2.05, 4.69) is 11.6 Å². The fourth-order valence-electron chi connectivity index (χ4n) is 2.74. The van der Waals surface area contributed by atoms with E-state index in [1.807, 2.05) is 6.07 Å². The summed E-state index contributed by atoms with van der Waals surface area (Å²) in [5, 5.41) is 1.01. The third-order valence-corrected chi connectivity index (χ3v) is 5.18. The Balaban J connectivity index is 1.75. The Hall–Kier alpha value is -2.93. The summed E-state index contributed by atoms with van der Waals surface area (Å²) in [6.45, 7) is 4.39. The highest BCUT2D eigenvalue weighted by molar-refractivity contribution is 7.99. The van der Waals surface area contributed by atoms with Gasteiger partial charge in [-0.05, 0) is 29.8 Å². The van der Waals surface area contributed by atoms with Gasteiger partial charge in [-0.2, -0.15) is 0 Å². The van der Waals surface area contributed by atoms with Crippen LogP contribution in [0.15, 0.2) is 71.1 Å². The molecule has 0 saturated heterocycles. The van der Waals surface area contributed by atoms with Crippen molar-refractivity contribution in [2.75, 3.05) is 12.8 Å². The summed E-state index contributed by atoms with van der Waals surface area (Å²) in [7, 11) is 1.69. The molecule has 3 aromatic rings. The first kappa shape index (κ1) is 19.8. The van der Waals surface area contributed by atoms with E-state index in [-0.39, 0.29) is 23.0 Å². The Morgan fingerprint density at radius 3 is 2.68 bits per heavy atom. The quantitative estimate of drug-likeness (QED) is 0.348. The van der Waals surface area contributed by atoms with Crippen LogP contribution in [0.4, 0.5) is 4.39 Å². The average Bonchev–Trinajstić information content (AvgIpc) is 2.70. The highest BCUT2D eigenvalue weighted by Crippen LogP contribution is 2.18. The molecule has 0 N–H and O–H groups in total. The molecule has 0 aliphatic carbocycles. The van der Waals surface area contributed by atoms with Crippen LogP contribution in [0.2, 0.25) is 0 Å². The number of fused-ring (bicyclic) bond motifs is 1. The molecule has 0 aliphatic heterocycles. The molecule has 0 saturated carbocycles. The molecule has 28 heavy (non-hydrogen) atoms. The number of benzene rings is 2. The van der Waals surface area contributed by atoms with Crippen molar-refractivity contribution in [1.29, 1.82) is 0 Å². The summed E-state index contributed by atoms with van der Waals surface area (Å²) in [6.07, 6.45) is 1.63. The van der Waals surface area contributed by atoms with Crippen LogP contribution in [-0.2, 0) is 17.9 Å². The minimum absolute atomic E-state index is 0.109. The van der Waals surface area contributed by atoms with Crippen LogP contribution in [0.5, 0.6) is 0 Å². The lowest BCUT2D eigenvalue weighted by Crippen LogP contribution is -2.28. The molecule has 1 aromatic heterocycles. The van der Waals surface area contributed by atoms with E-state index in [1.165, 1.54) is 28.5 Å². The van der Waals surface area contributed by atoms with E-state index >= 15 is 0 Å². The molecule has 3 rings (SSSR count). The maximum atomic E-state index is 13.0. The molecule has 2 aromatic carbocycles. The number of allylic oxidation sites excluding steroid dienone is 1. The molecular formula is C21H20FN3O2S.